The topological polar surface area (TPSA) is 109 Å². The molecule has 1 heterocycles. The molecule has 7 nitrogen and oxygen atoms in total. The van der Waals surface area contributed by atoms with Gasteiger partial charge in [-0.1, -0.05) is 47.5 Å². The van der Waals surface area contributed by atoms with Crippen LogP contribution in [0, 0.1) is 0 Å². The van der Waals surface area contributed by atoms with Crippen LogP contribution in [0.4, 0.5) is 23.1 Å². The second kappa shape index (κ2) is 7.71. The Morgan fingerprint density at radius 3 is 2.57 bits per heavy atom. The lowest BCUT2D eigenvalue weighted by atomic mass is 10.1. The summed E-state index contributed by atoms with van der Waals surface area (Å²) in [6.45, 7) is 0. The minimum Gasteiger partial charge on any atom is -0.390 e. The molecule has 1 aliphatic carbocycles. The highest BCUT2D eigenvalue weighted by molar-refractivity contribution is 6.32. The Balaban J connectivity index is 1.68. The number of fused-ring (bicyclic) bond motifs is 1. The molecule has 28 heavy (non-hydrogen) atoms. The SMILES string of the molecule is Nc1nc(Cl)c(N=Nc2ccc(Cl)cc2)c(N[C@@H]2c3ccccc3C[C@@H]2O)n1. The van der Waals surface area contributed by atoms with Gasteiger partial charge in [-0.25, -0.2) is 0 Å². The lowest BCUT2D eigenvalue weighted by Gasteiger charge is -2.19. The summed E-state index contributed by atoms with van der Waals surface area (Å²) in [5.74, 6) is 0.301. The van der Waals surface area contributed by atoms with Gasteiger partial charge in [0.2, 0.25) is 5.95 Å². The van der Waals surface area contributed by atoms with Gasteiger partial charge < -0.3 is 16.2 Å². The van der Waals surface area contributed by atoms with Crippen LogP contribution in [-0.2, 0) is 6.42 Å². The summed E-state index contributed by atoms with van der Waals surface area (Å²) in [7, 11) is 0. The van der Waals surface area contributed by atoms with E-state index in [4.69, 9.17) is 28.9 Å². The molecule has 0 spiro atoms. The monoisotopic (exact) mass is 414 g/mol. The van der Waals surface area contributed by atoms with Crippen molar-refractivity contribution >= 4 is 46.3 Å². The number of aliphatic hydroxyl groups is 1. The summed E-state index contributed by atoms with van der Waals surface area (Å²) in [6, 6.07) is 14.3. The van der Waals surface area contributed by atoms with Crippen molar-refractivity contribution in [2.24, 2.45) is 10.2 Å². The first-order valence-electron chi connectivity index (χ1n) is 8.54. The van der Waals surface area contributed by atoms with E-state index in [9.17, 15) is 5.11 Å². The van der Waals surface area contributed by atoms with Gasteiger partial charge in [0.05, 0.1) is 17.8 Å². The normalized spacial score (nSPS) is 18.4. The number of anilines is 2. The van der Waals surface area contributed by atoms with Crippen molar-refractivity contribution in [3.05, 3.63) is 69.8 Å². The number of nitrogen functional groups attached to an aromatic ring is 1. The molecule has 0 radical (unpaired) electrons. The fourth-order valence-electron chi connectivity index (χ4n) is 3.14. The number of hydrogen-bond donors (Lipinski definition) is 3. The van der Waals surface area contributed by atoms with Crippen LogP contribution < -0.4 is 11.1 Å². The maximum atomic E-state index is 10.5. The van der Waals surface area contributed by atoms with Crippen LogP contribution in [0.25, 0.3) is 0 Å². The van der Waals surface area contributed by atoms with Gasteiger partial charge in [-0.15, -0.1) is 5.11 Å². The molecule has 4 N–H and O–H groups in total. The van der Waals surface area contributed by atoms with E-state index in [0.29, 0.717) is 22.9 Å². The van der Waals surface area contributed by atoms with Crippen LogP contribution in [0.2, 0.25) is 10.2 Å². The molecular formula is C19H16Cl2N6O. The second-order valence-electron chi connectivity index (χ2n) is 6.34. The van der Waals surface area contributed by atoms with Crippen LogP contribution in [0.5, 0.6) is 0 Å². The van der Waals surface area contributed by atoms with E-state index in [2.05, 4.69) is 25.5 Å². The number of rotatable bonds is 4. The molecule has 2 aromatic carbocycles. The van der Waals surface area contributed by atoms with E-state index in [1.807, 2.05) is 24.3 Å². The molecule has 2 atom stereocenters. The zero-order valence-corrected chi connectivity index (χ0v) is 16.1. The van der Waals surface area contributed by atoms with Crippen molar-refractivity contribution in [2.45, 2.75) is 18.6 Å². The predicted molar refractivity (Wildman–Crippen MR) is 110 cm³/mol. The van der Waals surface area contributed by atoms with Gasteiger partial charge in [0, 0.05) is 11.4 Å². The Bertz CT molecular complexity index is 1040. The fourth-order valence-corrected chi connectivity index (χ4v) is 3.48. The van der Waals surface area contributed by atoms with Crippen molar-refractivity contribution in [3.63, 3.8) is 0 Å². The Morgan fingerprint density at radius 1 is 1.04 bits per heavy atom. The minimum atomic E-state index is -0.617. The number of nitrogens with zero attached hydrogens (tertiary/aromatic N) is 4. The summed E-state index contributed by atoms with van der Waals surface area (Å²) >= 11 is 12.1. The zero-order chi connectivity index (χ0) is 19.7. The summed E-state index contributed by atoms with van der Waals surface area (Å²) in [4.78, 5) is 8.17. The quantitative estimate of drug-likeness (QED) is 0.417. The number of aliphatic hydroxyl groups excluding tert-OH is 1. The van der Waals surface area contributed by atoms with Crippen molar-refractivity contribution in [2.75, 3.05) is 11.1 Å². The number of nitrogens with two attached hydrogens (primary N) is 1. The number of nitrogens with one attached hydrogen (secondary N) is 1. The van der Waals surface area contributed by atoms with E-state index in [-0.39, 0.29) is 22.8 Å². The molecule has 0 saturated carbocycles. The van der Waals surface area contributed by atoms with Gasteiger partial charge in [0.25, 0.3) is 0 Å². The third-order valence-corrected chi connectivity index (χ3v) is 4.96. The predicted octanol–water partition coefficient (Wildman–Crippen LogP) is 4.85. The van der Waals surface area contributed by atoms with Gasteiger partial charge in [-0.05, 0) is 35.4 Å². The second-order valence-corrected chi connectivity index (χ2v) is 7.13. The molecule has 9 heteroatoms. The molecular weight excluding hydrogens is 399 g/mol. The van der Waals surface area contributed by atoms with Crippen LogP contribution in [0.15, 0.2) is 58.8 Å². The van der Waals surface area contributed by atoms with Crippen molar-refractivity contribution < 1.29 is 5.11 Å². The number of azo groups is 1. The molecule has 0 bridgehead atoms. The van der Waals surface area contributed by atoms with E-state index in [1.165, 1.54) is 0 Å². The average Bonchev–Trinajstić information content (AvgIpc) is 2.98. The van der Waals surface area contributed by atoms with Gasteiger partial charge in [0.1, 0.15) is 0 Å². The Labute approximate surface area is 171 Å². The van der Waals surface area contributed by atoms with Crippen LogP contribution >= 0.6 is 23.2 Å². The molecule has 0 unspecified atom stereocenters. The lowest BCUT2D eigenvalue weighted by molar-refractivity contribution is 0.165. The molecule has 0 saturated heterocycles. The largest absolute Gasteiger partial charge is 0.390 e. The number of halogens is 2. The maximum Gasteiger partial charge on any atom is 0.223 e. The van der Waals surface area contributed by atoms with Gasteiger partial charge in [-0.2, -0.15) is 15.1 Å². The molecule has 0 aliphatic heterocycles. The standard InChI is InChI=1S/C19H16Cl2N6O/c20-11-5-7-12(8-6-11)26-27-16-17(21)24-19(22)25-18(16)23-15-13-4-2-1-3-10(13)9-14(15)28/h1-8,14-15,28H,9H2,(H3,22,23,24,25)/t14-,15+/m0/s1. The molecule has 1 aliphatic rings. The minimum absolute atomic E-state index is 0.00119. The van der Waals surface area contributed by atoms with E-state index in [0.717, 1.165) is 11.1 Å². The molecule has 0 amide bonds. The highest BCUT2D eigenvalue weighted by Gasteiger charge is 2.32. The van der Waals surface area contributed by atoms with Crippen LogP contribution in [0.3, 0.4) is 0 Å². The van der Waals surface area contributed by atoms with Gasteiger partial charge in [-0.3, -0.25) is 0 Å². The maximum absolute atomic E-state index is 10.5. The van der Waals surface area contributed by atoms with Gasteiger partial charge in [0.15, 0.2) is 16.7 Å². The van der Waals surface area contributed by atoms with Crippen molar-refractivity contribution in [1.29, 1.82) is 0 Å². The Morgan fingerprint density at radius 2 is 1.79 bits per heavy atom. The number of aromatic nitrogens is 2. The smallest absolute Gasteiger partial charge is 0.223 e. The van der Waals surface area contributed by atoms with Crippen molar-refractivity contribution in [1.82, 2.24) is 9.97 Å². The Kier molecular flexibility index (Phi) is 5.13. The van der Waals surface area contributed by atoms with Crippen molar-refractivity contribution in [3.8, 4) is 0 Å². The summed E-state index contributed by atoms with van der Waals surface area (Å²) in [5, 5.41) is 22.7. The average molecular weight is 415 g/mol. The zero-order valence-electron chi connectivity index (χ0n) is 14.5. The molecule has 3 aromatic rings. The Hall–Kier alpha value is -2.74. The summed E-state index contributed by atoms with van der Waals surface area (Å²) in [5.41, 5.74) is 8.65. The third-order valence-electron chi connectivity index (χ3n) is 4.45. The van der Waals surface area contributed by atoms with E-state index >= 15 is 0 Å². The highest BCUT2D eigenvalue weighted by atomic mass is 35.5. The lowest BCUT2D eigenvalue weighted by Crippen LogP contribution is -2.22. The fraction of sp³-hybridized carbons (Fsp3) is 0.158. The number of hydrogen-bond acceptors (Lipinski definition) is 7. The third kappa shape index (κ3) is 3.77. The summed E-state index contributed by atoms with van der Waals surface area (Å²) in [6.07, 6.45) is -0.0718. The van der Waals surface area contributed by atoms with Crippen LogP contribution in [-0.4, -0.2) is 21.2 Å². The molecule has 0 fully saturated rings. The van der Waals surface area contributed by atoms with Crippen LogP contribution in [0.1, 0.15) is 17.2 Å². The number of benzene rings is 2. The first-order chi connectivity index (χ1) is 13.5. The van der Waals surface area contributed by atoms with E-state index in [1.54, 1.807) is 24.3 Å². The highest BCUT2D eigenvalue weighted by Crippen LogP contribution is 2.38. The first-order valence-corrected chi connectivity index (χ1v) is 9.29. The van der Waals surface area contributed by atoms with E-state index < -0.39 is 6.10 Å². The molecule has 1 aromatic heterocycles. The molecule has 142 valence electrons. The first kappa shape index (κ1) is 18.6. The van der Waals surface area contributed by atoms with Gasteiger partial charge >= 0.3 is 0 Å². The summed E-state index contributed by atoms with van der Waals surface area (Å²) < 4.78 is 0. The molecule has 4 rings (SSSR count).